The summed E-state index contributed by atoms with van der Waals surface area (Å²) in [5, 5.41) is 5.15. The second kappa shape index (κ2) is 6.44. The van der Waals surface area contributed by atoms with Gasteiger partial charge in [-0.2, -0.15) is 16.9 Å². The molecule has 1 aromatic rings. The molecule has 2 heterocycles. The monoisotopic (exact) mass is 331 g/mol. The highest BCUT2D eigenvalue weighted by Crippen LogP contribution is 2.30. The van der Waals surface area contributed by atoms with Crippen LogP contribution < -0.4 is 5.73 Å². The summed E-state index contributed by atoms with van der Waals surface area (Å²) in [5.41, 5.74) is 8.76. The highest BCUT2D eigenvalue weighted by atomic mass is 79.9. The van der Waals surface area contributed by atoms with E-state index in [4.69, 9.17) is 5.73 Å². The first-order valence-corrected chi connectivity index (χ1v) is 8.55. The van der Waals surface area contributed by atoms with Crippen molar-refractivity contribution in [3.05, 3.63) is 15.9 Å². The number of rotatable bonds is 4. The number of nitrogens with zero attached hydrogens (tertiary/aromatic N) is 2. The van der Waals surface area contributed by atoms with Crippen molar-refractivity contribution >= 4 is 27.7 Å². The van der Waals surface area contributed by atoms with Crippen molar-refractivity contribution in [1.29, 1.82) is 0 Å². The highest BCUT2D eigenvalue weighted by Gasteiger charge is 2.24. The zero-order valence-electron chi connectivity index (χ0n) is 11.2. The lowest BCUT2D eigenvalue weighted by Gasteiger charge is -2.27. The lowest BCUT2D eigenvalue weighted by Crippen LogP contribution is -2.36. The molecule has 102 valence electrons. The van der Waals surface area contributed by atoms with Gasteiger partial charge in [0, 0.05) is 24.8 Å². The molecule has 2 rings (SSSR count). The van der Waals surface area contributed by atoms with Crippen LogP contribution in [-0.4, -0.2) is 26.8 Å². The van der Waals surface area contributed by atoms with Gasteiger partial charge in [0.1, 0.15) is 0 Å². The molecule has 0 aromatic carbocycles. The Labute approximate surface area is 122 Å². The molecular formula is C13H22BrN3S. The Kier molecular flexibility index (Phi) is 5.15. The molecular weight excluding hydrogens is 310 g/mol. The molecule has 1 aromatic heterocycles. The van der Waals surface area contributed by atoms with E-state index in [2.05, 4.69) is 28.0 Å². The number of aryl methyl sites for hydroxylation is 2. The SMILES string of the molecule is CCc1nn(C)c(CC(N)C2CCCCS2)c1Br. The average Bonchev–Trinajstić information content (AvgIpc) is 2.67. The summed E-state index contributed by atoms with van der Waals surface area (Å²) in [6.07, 6.45) is 5.83. The molecule has 2 unspecified atom stereocenters. The number of thioether (sulfide) groups is 1. The zero-order chi connectivity index (χ0) is 13.1. The van der Waals surface area contributed by atoms with E-state index in [-0.39, 0.29) is 6.04 Å². The Morgan fingerprint density at radius 3 is 2.89 bits per heavy atom. The van der Waals surface area contributed by atoms with Gasteiger partial charge in [-0.3, -0.25) is 4.68 Å². The number of halogens is 1. The first kappa shape index (κ1) is 14.4. The molecule has 0 amide bonds. The predicted octanol–water partition coefficient (Wildman–Crippen LogP) is 2.90. The van der Waals surface area contributed by atoms with Crippen molar-refractivity contribution < 1.29 is 0 Å². The second-order valence-electron chi connectivity index (χ2n) is 4.96. The Balaban J connectivity index is 2.06. The first-order chi connectivity index (χ1) is 8.63. The molecule has 0 radical (unpaired) electrons. The Bertz CT molecular complexity index is 399. The molecule has 0 aliphatic carbocycles. The van der Waals surface area contributed by atoms with Crippen LogP contribution in [0, 0.1) is 0 Å². The minimum absolute atomic E-state index is 0.242. The van der Waals surface area contributed by atoms with E-state index in [0.29, 0.717) is 5.25 Å². The van der Waals surface area contributed by atoms with Crippen molar-refractivity contribution in [2.45, 2.75) is 50.3 Å². The van der Waals surface area contributed by atoms with E-state index in [9.17, 15) is 0 Å². The summed E-state index contributed by atoms with van der Waals surface area (Å²) in [6.45, 7) is 2.13. The van der Waals surface area contributed by atoms with Crippen LogP contribution in [0.25, 0.3) is 0 Å². The summed E-state index contributed by atoms with van der Waals surface area (Å²) < 4.78 is 3.14. The molecule has 1 saturated heterocycles. The van der Waals surface area contributed by atoms with Crippen LogP contribution in [0.2, 0.25) is 0 Å². The molecule has 0 spiro atoms. The quantitative estimate of drug-likeness (QED) is 0.922. The summed E-state index contributed by atoms with van der Waals surface area (Å²) in [6, 6.07) is 0.242. The molecule has 0 bridgehead atoms. The normalized spacial score (nSPS) is 22.1. The summed E-state index contributed by atoms with van der Waals surface area (Å²) in [7, 11) is 2.01. The van der Waals surface area contributed by atoms with Gasteiger partial charge in [-0.25, -0.2) is 0 Å². The maximum Gasteiger partial charge on any atom is 0.0766 e. The molecule has 1 aliphatic rings. The van der Waals surface area contributed by atoms with Gasteiger partial charge in [0.25, 0.3) is 0 Å². The van der Waals surface area contributed by atoms with Crippen LogP contribution >= 0.6 is 27.7 Å². The highest BCUT2D eigenvalue weighted by molar-refractivity contribution is 9.10. The van der Waals surface area contributed by atoms with E-state index < -0.39 is 0 Å². The molecule has 2 atom stereocenters. The molecule has 1 fully saturated rings. The summed E-state index contributed by atoms with van der Waals surface area (Å²) >= 11 is 5.71. The molecule has 2 N–H and O–H groups in total. The predicted molar refractivity (Wildman–Crippen MR) is 82.1 cm³/mol. The van der Waals surface area contributed by atoms with Gasteiger partial charge in [0.2, 0.25) is 0 Å². The second-order valence-corrected chi connectivity index (χ2v) is 7.10. The van der Waals surface area contributed by atoms with Crippen molar-refractivity contribution in [3.63, 3.8) is 0 Å². The Morgan fingerprint density at radius 1 is 1.56 bits per heavy atom. The van der Waals surface area contributed by atoms with Crippen molar-refractivity contribution in [2.75, 3.05) is 5.75 Å². The molecule has 1 aliphatic heterocycles. The smallest absolute Gasteiger partial charge is 0.0766 e. The third-order valence-electron chi connectivity index (χ3n) is 3.62. The van der Waals surface area contributed by atoms with E-state index in [1.54, 1.807) is 0 Å². The molecule has 3 nitrogen and oxygen atoms in total. The zero-order valence-corrected chi connectivity index (χ0v) is 13.6. The van der Waals surface area contributed by atoms with Crippen LogP contribution in [0.5, 0.6) is 0 Å². The van der Waals surface area contributed by atoms with Gasteiger partial charge in [-0.15, -0.1) is 0 Å². The van der Waals surface area contributed by atoms with Gasteiger partial charge in [0.15, 0.2) is 0 Å². The van der Waals surface area contributed by atoms with E-state index >= 15 is 0 Å². The third kappa shape index (κ3) is 3.11. The topological polar surface area (TPSA) is 43.8 Å². The van der Waals surface area contributed by atoms with Gasteiger partial charge < -0.3 is 5.73 Å². The first-order valence-electron chi connectivity index (χ1n) is 6.71. The van der Waals surface area contributed by atoms with Crippen LogP contribution in [0.1, 0.15) is 37.6 Å². The van der Waals surface area contributed by atoms with Crippen molar-refractivity contribution in [3.8, 4) is 0 Å². The van der Waals surface area contributed by atoms with Crippen LogP contribution in [-0.2, 0) is 19.9 Å². The van der Waals surface area contributed by atoms with Crippen LogP contribution in [0.4, 0.5) is 0 Å². The average molecular weight is 332 g/mol. The van der Waals surface area contributed by atoms with E-state index in [1.807, 2.05) is 23.5 Å². The van der Waals surface area contributed by atoms with Gasteiger partial charge in [0.05, 0.1) is 15.9 Å². The minimum atomic E-state index is 0.242. The fourth-order valence-electron chi connectivity index (χ4n) is 2.50. The minimum Gasteiger partial charge on any atom is -0.326 e. The van der Waals surface area contributed by atoms with Crippen LogP contribution in [0.3, 0.4) is 0 Å². The van der Waals surface area contributed by atoms with Crippen LogP contribution in [0.15, 0.2) is 4.47 Å². The number of aromatic nitrogens is 2. The molecule has 18 heavy (non-hydrogen) atoms. The van der Waals surface area contributed by atoms with Crippen molar-refractivity contribution in [1.82, 2.24) is 9.78 Å². The lowest BCUT2D eigenvalue weighted by molar-refractivity contribution is 0.541. The number of nitrogens with two attached hydrogens (primary N) is 1. The van der Waals surface area contributed by atoms with E-state index in [1.165, 1.54) is 30.7 Å². The Hall–Kier alpha value is -0.000000000000000111. The fraction of sp³-hybridized carbons (Fsp3) is 0.769. The van der Waals surface area contributed by atoms with E-state index in [0.717, 1.165) is 23.0 Å². The molecule has 5 heteroatoms. The van der Waals surface area contributed by atoms with Gasteiger partial charge >= 0.3 is 0 Å². The largest absolute Gasteiger partial charge is 0.326 e. The van der Waals surface area contributed by atoms with Gasteiger partial charge in [-0.05, 0) is 40.9 Å². The van der Waals surface area contributed by atoms with Crippen molar-refractivity contribution in [2.24, 2.45) is 12.8 Å². The third-order valence-corrected chi connectivity index (χ3v) is 6.08. The maximum absolute atomic E-state index is 6.39. The standard InChI is InChI=1S/C13H22BrN3S/c1-3-10-13(14)11(17(2)16-10)8-9(15)12-6-4-5-7-18-12/h9,12H,3-8,15H2,1-2H3. The molecule has 0 saturated carbocycles. The fourth-order valence-corrected chi connectivity index (χ4v) is 4.63. The summed E-state index contributed by atoms with van der Waals surface area (Å²) in [4.78, 5) is 0. The maximum atomic E-state index is 6.39. The number of hydrogen-bond acceptors (Lipinski definition) is 3. The lowest BCUT2D eigenvalue weighted by atomic mass is 10.0. The number of hydrogen-bond donors (Lipinski definition) is 1. The Morgan fingerprint density at radius 2 is 2.33 bits per heavy atom. The summed E-state index contributed by atoms with van der Waals surface area (Å²) in [5.74, 6) is 1.27. The van der Waals surface area contributed by atoms with Gasteiger partial charge in [-0.1, -0.05) is 13.3 Å².